The summed E-state index contributed by atoms with van der Waals surface area (Å²) in [4.78, 5) is 23.6. The first-order valence-corrected chi connectivity index (χ1v) is 5.13. The summed E-state index contributed by atoms with van der Waals surface area (Å²) in [5, 5.41) is 3.23. The van der Waals surface area contributed by atoms with Gasteiger partial charge in [-0.3, -0.25) is 4.79 Å². The highest BCUT2D eigenvalue weighted by molar-refractivity contribution is 8.00. The van der Waals surface area contributed by atoms with Crippen LogP contribution in [0.4, 0.5) is 0 Å². The van der Waals surface area contributed by atoms with Gasteiger partial charge >= 0.3 is 5.97 Å². The highest BCUT2D eigenvalue weighted by Crippen LogP contribution is 2.05. The van der Waals surface area contributed by atoms with E-state index < -0.39 is 6.04 Å². The lowest BCUT2D eigenvalue weighted by Crippen LogP contribution is -2.12. The number of aldehydes is 1. The molecule has 0 aliphatic heterocycles. The Bertz CT molecular complexity index is 240. The van der Waals surface area contributed by atoms with Gasteiger partial charge in [0.05, 0.1) is 12.4 Å². The molecule has 0 amide bonds. The number of hydrogen-bond donors (Lipinski definition) is 0. The molecular formula is C7H11N3O3S. The van der Waals surface area contributed by atoms with Crippen LogP contribution in [0.15, 0.2) is 5.11 Å². The van der Waals surface area contributed by atoms with Crippen molar-refractivity contribution < 1.29 is 14.3 Å². The number of carbonyl (C=O) groups is 2. The van der Waals surface area contributed by atoms with Gasteiger partial charge in [-0.1, -0.05) is 5.11 Å². The molecule has 0 fully saturated rings. The second-order valence-electron chi connectivity index (χ2n) is 2.23. The number of nitrogens with zero attached hydrogens (tertiary/aromatic N) is 3. The van der Waals surface area contributed by atoms with E-state index in [4.69, 9.17) is 5.53 Å². The molecule has 0 aromatic carbocycles. The van der Waals surface area contributed by atoms with Crippen molar-refractivity contribution in [3.05, 3.63) is 10.4 Å². The van der Waals surface area contributed by atoms with E-state index in [1.165, 1.54) is 11.8 Å². The maximum absolute atomic E-state index is 10.8. The first kappa shape index (κ1) is 12.8. The van der Waals surface area contributed by atoms with Gasteiger partial charge in [0, 0.05) is 10.7 Å². The van der Waals surface area contributed by atoms with Gasteiger partial charge in [0.2, 0.25) is 0 Å². The minimum atomic E-state index is -0.709. The fourth-order valence-corrected chi connectivity index (χ4v) is 1.39. The van der Waals surface area contributed by atoms with Crippen molar-refractivity contribution in [2.24, 2.45) is 5.11 Å². The first-order chi connectivity index (χ1) is 6.74. The van der Waals surface area contributed by atoms with Crippen LogP contribution in [-0.2, 0) is 14.3 Å². The third kappa shape index (κ3) is 6.33. The van der Waals surface area contributed by atoms with Crippen LogP contribution >= 0.6 is 11.8 Å². The van der Waals surface area contributed by atoms with Gasteiger partial charge in [-0.15, -0.1) is 11.8 Å². The molecule has 0 bridgehead atoms. The molecule has 0 rings (SSSR count). The molecule has 0 heterocycles. The lowest BCUT2D eigenvalue weighted by atomic mass is 10.4. The molecule has 0 aliphatic carbocycles. The summed E-state index contributed by atoms with van der Waals surface area (Å²) in [7, 11) is 0. The molecule has 1 atom stereocenters. The summed E-state index contributed by atoms with van der Waals surface area (Å²) in [6.07, 6.45) is 0.553. The predicted molar refractivity (Wildman–Crippen MR) is 53.0 cm³/mol. The van der Waals surface area contributed by atoms with Crippen LogP contribution in [0.5, 0.6) is 0 Å². The standard InChI is InChI=1S/C7H11N3O3S/c1-2-13-7(12)5-14-4-6(3-11)9-10-8/h3,6H,2,4-5H2,1H3. The van der Waals surface area contributed by atoms with Crippen molar-refractivity contribution in [1.82, 2.24) is 0 Å². The fourth-order valence-electron chi connectivity index (χ4n) is 0.632. The van der Waals surface area contributed by atoms with E-state index >= 15 is 0 Å². The fraction of sp³-hybridized carbons (Fsp3) is 0.714. The Hall–Kier alpha value is -1.20. The molecule has 0 saturated heterocycles. The Morgan fingerprint density at radius 2 is 2.50 bits per heavy atom. The minimum absolute atomic E-state index is 0.166. The molecular weight excluding hydrogens is 206 g/mol. The molecule has 14 heavy (non-hydrogen) atoms. The Morgan fingerprint density at radius 3 is 3.00 bits per heavy atom. The summed E-state index contributed by atoms with van der Waals surface area (Å²) in [5.41, 5.74) is 8.06. The molecule has 6 nitrogen and oxygen atoms in total. The van der Waals surface area contributed by atoms with Gasteiger partial charge < -0.3 is 9.53 Å². The minimum Gasteiger partial charge on any atom is -0.465 e. The zero-order valence-corrected chi connectivity index (χ0v) is 8.57. The number of ether oxygens (including phenoxy) is 1. The molecule has 78 valence electrons. The first-order valence-electron chi connectivity index (χ1n) is 3.97. The van der Waals surface area contributed by atoms with E-state index in [0.717, 1.165) is 0 Å². The van der Waals surface area contributed by atoms with Gasteiger partial charge in [-0.25, -0.2) is 0 Å². The third-order valence-electron chi connectivity index (χ3n) is 1.17. The topological polar surface area (TPSA) is 92.1 Å². The van der Waals surface area contributed by atoms with Gasteiger partial charge in [-0.2, -0.15) is 0 Å². The van der Waals surface area contributed by atoms with Gasteiger partial charge in [0.25, 0.3) is 0 Å². The van der Waals surface area contributed by atoms with E-state index in [2.05, 4.69) is 14.8 Å². The summed E-state index contributed by atoms with van der Waals surface area (Å²) in [6, 6.07) is -0.709. The van der Waals surface area contributed by atoms with E-state index in [-0.39, 0.29) is 11.7 Å². The highest BCUT2D eigenvalue weighted by atomic mass is 32.2. The van der Waals surface area contributed by atoms with Crippen LogP contribution in [0, 0.1) is 0 Å². The Balaban J connectivity index is 3.65. The molecule has 0 N–H and O–H groups in total. The van der Waals surface area contributed by atoms with Crippen molar-refractivity contribution in [2.45, 2.75) is 13.0 Å². The van der Waals surface area contributed by atoms with Crippen LogP contribution in [0.25, 0.3) is 10.4 Å². The van der Waals surface area contributed by atoms with Crippen molar-refractivity contribution in [1.29, 1.82) is 0 Å². The third-order valence-corrected chi connectivity index (χ3v) is 2.19. The molecule has 0 aromatic heterocycles. The van der Waals surface area contributed by atoms with Crippen LogP contribution in [0.2, 0.25) is 0 Å². The molecule has 0 radical (unpaired) electrons. The van der Waals surface area contributed by atoms with E-state index in [9.17, 15) is 9.59 Å². The van der Waals surface area contributed by atoms with Crippen molar-refractivity contribution >= 4 is 24.0 Å². The van der Waals surface area contributed by atoms with Gasteiger partial charge in [0.15, 0.2) is 0 Å². The zero-order valence-electron chi connectivity index (χ0n) is 7.75. The van der Waals surface area contributed by atoms with Gasteiger partial charge in [0.1, 0.15) is 12.3 Å². The number of rotatable bonds is 7. The highest BCUT2D eigenvalue weighted by Gasteiger charge is 2.07. The number of esters is 1. The van der Waals surface area contributed by atoms with Gasteiger partial charge in [-0.05, 0) is 12.5 Å². The van der Waals surface area contributed by atoms with Crippen LogP contribution in [0.1, 0.15) is 6.92 Å². The number of hydrogen-bond acceptors (Lipinski definition) is 5. The Labute approximate surface area is 85.6 Å². The molecule has 1 unspecified atom stereocenters. The van der Waals surface area contributed by atoms with Crippen LogP contribution in [0.3, 0.4) is 0 Å². The monoisotopic (exact) mass is 217 g/mol. The molecule has 0 spiro atoms. The SMILES string of the molecule is CCOC(=O)CSCC(C=O)N=[N+]=[N-]. The van der Waals surface area contributed by atoms with Crippen molar-refractivity contribution in [2.75, 3.05) is 18.1 Å². The molecule has 0 aromatic rings. The summed E-state index contributed by atoms with van der Waals surface area (Å²) in [5.74, 6) is 0.133. The van der Waals surface area contributed by atoms with Crippen molar-refractivity contribution in [3.8, 4) is 0 Å². The lowest BCUT2D eigenvalue weighted by molar-refractivity contribution is -0.139. The molecule has 7 heteroatoms. The maximum atomic E-state index is 10.8. The van der Waals surface area contributed by atoms with Crippen molar-refractivity contribution in [3.63, 3.8) is 0 Å². The Morgan fingerprint density at radius 1 is 1.79 bits per heavy atom. The number of thioether (sulfide) groups is 1. The lowest BCUT2D eigenvalue weighted by Gasteiger charge is -2.02. The summed E-state index contributed by atoms with van der Waals surface area (Å²) < 4.78 is 4.67. The quantitative estimate of drug-likeness (QED) is 0.210. The second-order valence-corrected chi connectivity index (χ2v) is 3.26. The normalized spacial score (nSPS) is 11.2. The second kappa shape index (κ2) is 8.40. The predicted octanol–water partition coefficient (Wildman–Crippen LogP) is 1.16. The van der Waals surface area contributed by atoms with E-state index in [1.807, 2.05) is 0 Å². The average molecular weight is 217 g/mol. The summed E-state index contributed by atoms with van der Waals surface area (Å²) >= 11 is 1.20. The van der Waals surface area contributed by atoms with Crippen LogP contribution in [-0.4, -0.2) is 36.4 Å². The Kier molecular flexibility index (Phi) is 7.68. The molecule has 0 saturated carbocycles. The van der Waals surface area contributed by atoms with E-state index in [1.54, 1.807) is 6.92 Å². The van der Waals surface area contributed by atoms with Crippen LogP contribution < -0.4 is 0 Å². The van der Waals surface area contributed by atoms with E-state index in [0.29, 0.717) is 18.6 Å². The number of carbonyl (C=O) groups excluding carboxylic acids is 2. The zero-order chi connectivity index (χ0) is 10.8. The molecule has 0 aliphatic rings. The number of azide groups is 1. The summed E-state index contributed by atoms with van der Waals surface area (Å²) in [6.45, 7) is 2.06. The largest absolute Gasteiger partial charge is 0.465 e. The maximum Gasteiger partial charge on any atom is 0.315 e. The average Bonchev–Trinajstić information content (AvgIpc) is 2.17. The smallest absolute Gasteiger partial charge is 0.315 e.